The molecule has 1 fully saturated rings. The molecule has 1 aliphatic heterocycles. The molecule has 9 heteroatoms. The molecule has 0 radical (unpaired) electrons. The number of nitro benzene ring substituents is 1. The minimum atomic E-state index is -1.14. The van der Waals surface area contributed by atoms with Crippen molar-refractivity contribution >= 4 is 28.2 Å². The fourth-order valence-electron chi connectivity index (χ4n) is 2.99. The number of benzene rings is 1. The minimum absolute atomic E-state index is 0.0166. The Morgan fingerprint density at radius 2 is 2.17 bits per heavy atom. The summed E-state index contributed by atoms with van der Waals surface area (Å²) >= 11 is 0. The zero-order chi connectivity index (χ0) is 17.3. The van der Waals surface area contributed by atoms with Crippen LogP contribution in [0.25, 0.3) is 10.9 Å². The van der Waals surface area contributed by atoms with Gasteiger partial charge in [0.2, 0.25) is 0 Å². The number of hydrogen-bond donors (Lipinski definition) is 3. The predicted octanol–water partition coefficient (Wildman–Crippen LogP) is 0.867. The number of aliphatic carboxylic acids is 1. The lowest BCUT2D eigenvalue weighted by Crippen LogP contribution is -2.36. The van der Waals surface area contributed by atoms with Gasteiger partial charge in [0.1, 0.15) is 11.7 Å². The van der Waals surface area contributed by atoms with E-state index in [1.807, 2.05) is 4.90 Å². The lowest BCUT2D eigenvalue weighted by Gasteiger charge is -2.28. The van der Waals surface area contributed by atoms with E-state index in [0.717, 1.165) is 0 Å². The van der Waals surface area contributed by atoms with Crippen molar-refractivity contribution in [2.45, 2.75) is 12.5 Å². The van der Waals surface area contributed by atoms with Crippen LogP contribution in [0.3, 0.4) is 0 Å². The molecule has 2 heterocycles. The van der Waals surface area contributed by atoms with E-state index < -0.39 is 16.9 Å². The number of rotatable bonds is 5. The first-order valence-corrected chi connectivity index (χ1v) is 7.57. The fourth-order valence-corrected chi connectivity index (χ4v) is 2.99. The predicted molar refractivity (Wildman–Crippen MR) is 87.3 cm³/mol. The highest BCUT2D eigenvalue weighted by atomic mass is 16.6. The number of carboxylic acids is 1. The topological polar surface area (TPSA) is 135 Å². The number of H-pyrrole nitrogens is 1. The maximum atomic E-state index is 11.7. The Morgan fingerprint density at radius 1 is 1.46 bits per heavy atom. The number of nitro groups is 1. The number of morpholine rings is 1. The van der Waals surface area contributed by atoms with E-state index in [-0.39, 0.29) is 12.1 Å². The van der Waals surface area contributed by atoms with Gasteiger partial charge in [-0.3, -0.25) is 14.9 Å². The van der Waals surface area contributed by atoms with Crippen LogP contribution in [-0.2, 0) is 16.0 Å². The lowest BCUT2D eigenvalue weighted by atomic mass is 10.0. The van der Waals surface area contributed by atoms with Crippen molar-refractivity contribution in [1.29, 1.82) is 0 Å². The molecular weight excluding hydrogens is 316 g/mol. The summed E-state index contributed by atoms with van der Waals surface area (Å²) in [5, 5.41) is 21.2. The van der Waals surface area contributed by atoms with Crippen molar-refractivity contribution in [3.05, 3.63) is 34.0 Å². The van der Waals surface area contributed by atoms with Gasteiger partial charge in [-0.2, -0.15) is 0 Å². The summed E-state index contributed by atoms with van der Waals surface area (Å²) in [6, 6.07) is 2.36. The molecule has 1 saturated heterocycles. The van der Waals surface area contributed by atoms with Gasteiger partial charge in [0.15, 0.2) is 0 Å². The molecule has 24 heavy (non-hydrogen) atoms. The third-order valence-corrected chi connectivity index (χ3v) is 4.17. The SMILES string of the molecule is N[C@@H](Cc1c[nH]c2ccc(N3CCOCC3)c([N+](=O)[O-])c12)C(=O)O. The summed E-state index contributed by atoms with van der Waals surface area (Å²) in [6.45, 7) is 2.17. The Morgan fingerprint density at radius 3 is 2.79 bits per heavy atom. The molecule has 4 N–H and O–H groups in total. The van der Waals surface area contributed by atoms with Crippen molar-refractivity contribution in [1.82, 2.24) is 4.98 Å². The van der Waals surface area contributed by atoms with E-state index >= 15 is 0 Å². The molecule has 3 rings (SSSR count). The summed E-state index contributed by atoms with van der Waals surface area (Å²) in [6.07, 6.45) is 1.60. The molecular formula is C15H18N4O5. The van der Waals surface area contributed by atoms with Crippen molar-refractivity contribution < 1.29 is 19.6 Å². The van der Waals surface area contributed by atoms with Crippen LogP contribution in [0.1, 0.15) is 5.56 Å². The summed E-state index contributed by atoms with van der Waals surface area (Å²) in [7, 11) is 0. The highest BCUT2D eigenvalue weighted by Gasteiger charge is 2.27. The molecule has 1 aliphatic rings. The van der Waals surface area contributed by atoms with Crippen LogP contribution in [0.4, 0.5) is 11.4 Å². The van der Waals surface area contributed by atoms with E-state index in [1.54, 1.807) is 18.3 Å². The zero-order valence-corrected chi connectivity index (χ0v) is 12.9. The average Bonchev–Trinajstić information content (AvgIpc) is 2.97. The quantitative estimate of drug-likeness (QED) is 0.545. The molecule has 0 unspecified atom stereocenters. The van der Waals surface area contributed by atoms with E-state index in [4.69, 9.17) is 15.6 Å². The van der Waals surface area contributed by atoms with Crippen LogP contribution in [0.2, 0.25) is 0 Å². The van der Waals surface area contributed by atoms with Gasteiger partial charge >= 0.3 is 11.7 Å². The van der Waals surface area contributed by atoms with Crippen LogP contribution in [-0.4, -0.2) is 53.3 Å². The molecule has 0 spiro atoms. The number of ether oxygens (including phenoxy) is 1. The number of nitrogens with zero attached hydrogens (tertiary/aromatic N) is 2. The van der Waals surface area contributed by atoms with Gasteiger partial charge in [-0.25, -0.2) is 0 Å². The van der Waals surface area contributed by atoms with E-state index in [9.17, 15) is 14.9 Å². The number of aromatic nitrogens is 1. The molecule has 1 aromatic carbocycles. The maximum Gasteiger partial charge on any atom is 0.320 e. The Balaban J connectivity index is 2.11. The molecule has 1 aromatic heterocycles. The van der Waals surface area contributed by atoms with Crippen molar-refractivity contribution in [3.63, 3.8) is 0 Å². The first-order valence-electron chi connectivity index (χ1n) is 7.57. The van der Waals surface area contributed by atoms with E-state index in [2.05, 4.69) is 4.98 Å². The Hall–Kier alpha value is -2.65. The molecule has 0 saturated carbocycles. The minimum Gasteiger partial charge on any atom is -0.480 e. The number of nitrogens with one attached hydrogen (secondary N) is 1. The van der Waals surface area contributed by atoms with Gasteiger partial charge < -0.3 is 25.5 Å². The number of anilines is 1. The second kappa shape index (κ2) is 6.46. The molecule has 2 aromatic rings. The maximum absolute atomic E-state index is 11.7. The van der Waals surface area contributed by atoms with Crippen LogP contribution < -0.4 is 10.6 Å². The number of aromatic amines is 1. The lowest BCUT2D eigenvalue weighted by molar-refractivity contribution is -0.382. The third-order valence-electron chi connectivity index (χ3n) is 4.17. The van der Waals surface area contributed by atoms with Crippen LogP contribution >= 0.6 is 0 Å². The largest absolute Gasteiger partial charge is 0.480 e. The van der Waals surface area contributed by atoms with Gasteiger partial charge in [0.05, 0.1) is 29.0 Å². The monoisotopic (exact) mass is 334 g/mol. The number of fused-ring (bicyclic) bond motifs is 1. The first-order chi connectivity index (χ1) is 11.5. The summed E-state index contributed by atoms with van der Waals surface area (Å²) in [5.74, 6) is -1.14. The van der Waals surface area contributed by atoms with E-state index in [0.29, 0.717) is 48.5 Å². The van der Waals surface area contributed by atoms with Gasteiger partial charge in [0, 0.05) is 25.7 Å². The summed E-state index contributed by atoms with van der Waals surface area (Å²) < 4.78 is 5.30. The summed E-state index contributed by atoms with van der Waals surface area (Å²) in [4.78, 5) is 27.2. The Bertz CT molecular complexity index is 782. The summed E-state index contributed by atoms with van der Waals surface area (Å²) in [5.41, 5.74) is 7.20. The second-order valence-electron chi connectivity index (χ2n) is 5.68. The highest BCUT2D eigenvalue weighted by Crippen LogP contribution is 2.38. The molecule has 9 nitrogen and oxygen atoms in total. The fraction of sp³-hybridized carbons (Fsp3) is 0.400. The third kappa shape index (κ3) is 2.91. The molecule has 0 bridgehead atoms. The number of carbonyl (C=O) groups is 1. The zero-order valence-electron chi connectivity index (χ0n) is 12.9. The van der Waals surface area contributed by atoms with Crippen molar-refractivity contribution in [3.8, 4) is 0 Å². The molecule has 0 amide bonds. The number of nitrogens with two attached hydrogens (primary N) is 1. The highest BCUT2D eigenvalue weighted by molar-refractivity contribution is 5.98. The molecule has 0 aliphatic carbocycles. The number of hydrogen-bond acceptors (Lipinski definition) is 6. The Labute approximate surface area is 137 Å². The van der Waals surface area contributed by atoms with Crippen molar-refractivity contribution in [2.24, 2.45) is 5.73 Å². The normalized spacial score (nSPS) is 16.3. The van der Waals surface area contributed by atoms with Gasteiger partial charge in [0.25, 0.3) is 0 Å². The first kappa shape index (κ1) is 16.2. The molecule has 128 valence electrons. The van der Waals surface area contributed by atoms with Crippen LogP contribution in [0.15, 0.2) is 18.3 Å². The second-order valence-corrected chi connectivity index (χ2v) is 5.68. The Kier molecular flexibility index (Phi) is 4.36. The van der Waals surface area contributed by atoms with Crippen LogP contribution in [0.5, 0.6) is 0 Å². The molecule has 1 atom stereocenters. The van der Waals surface area contributed by atoms with Crippen molar-refractivity contribution in [2.75, 3.05) is 31.2 Å². The van der Waals surface area contributed by atoms with Gasteiger partial charge in [-0.1, -0.05) is 0 Å². The van der Waals surface area contributed by atoms with Gasteiger partial charge in [-0.15, -0.1) is 0 Å². The smallest absolute Gasteiger partial charge is 0.320 e. The standard InChI is InChI=1S/C15H18N4O5/c16-10(15(20)21)7-9-8-17-11-1-2-12(14(13(9)11)19(22)23)18-3-5-24-6-4-18/h1-2,8,10,17H,3-7,16H2,(H,20,21)/t10-/m0/s1. The van der Waals surface area contributed by atoms with E-state index in [1.165, 1.54) is 0 Å². The van der Waals surface area contributed by atoms with Gasteiger partial charge in [-0.05, 0) is 17.7 Å². The number of carboxylic acid groups (broad SMARTS) is 1. The average molecular weight is 334 g/mol. The van der Waals surface area contributed by atoms with Crippen LogP contribution in [0, 0.1) is 10.1 Å².